The molecule has 0 unspecified atom stereocenters. The number of nitrogens with zero attached hydrogens (tertiary/aromatic N) is 4. The summed E-state index contributed by atoms with van der Waals surface area (Å²) in [5, 5.41) is 1.80. The molecule has 3 heterocycles. The van der Waals surface area contributed by atoms with Gasteiger partial charge in [0.15, 0.2) is 17.5 Å². The van der Waals surface area contributed by atoms with Crippen LogP contribution >= 0.6 is 11.3 Å². The lowest BCUT2D eigenvalue weighted by molar-refractivity contribution is 1.06. The Morgan fingerprint density at radius 1 is 0.429 bits per heavy atom. The highest BCUT2D eigenvalue weighted by atomic mass is 32.1. The second-order valence-electron chi connectivity index (χ2n) is 13.1. The third kappa shape index (κ3) is 5.40. The fraction of sp³-hybridized carbons (Fsp3) is 0. The highest BCUT2D eigenvalue weighted by Crippen LogP contribution is 2.43. The molecule has 0 N–H and O–H groups in total. The molecule has 5 heteroatoms. The first-order chi connectivity index (χ1) is 32.8. The van der Waals surface area contributed by atoms with Crippen LogP contribution in [0.5, 0.6) is 0 Å². The number of para-hydroxylation sites is 1. The second kappa shape index (κ2) is 13.3. The molecule has 8 aromatic carbocycles. The van der Waals surface area contributed by atoms with E-state index < -0.39 is 83.6 Å². The predicted molar refractivity (Wildman–Crippen MR) is 234 cm³/mol. The standard InChI is InChI=1S/C51H32N4S/c1-4-15-33(16-5-1)36-27-29-40-39-21-10-12-25-44(39)55(45(40)31-36)46-32-37(38-23-14-24-42-41-22-11-13-26-47(41)56-48(38)42)28-30-43(46)51-53-49(34-17-6-2-7-18-34)52-50(54-51)35-19-8-3-9-20-35/h1-32H/i1D,4D,5D,10D,12D,15D,16D,21D,25D,27D,29D,31D. The Morgan fingerprint density at radius 3 is 1.88 bits per heavy atom. The average molecular weight is 745 g/mol. The lowest BCUT2D eigenvalue weighted by Gasteiger charge is -2.17. The van der Waals surface area contributed by atoms with E-state index in [0.29, 0.717) is 33.9 Å². The van der Waals surface area contributed by atoms with Gasteiger partial charge in [0.1, 0.15) is 0 Å². The van der Waals surface area contributed by atoms with Crippen molar-refractivity contribution in [2.24, 2.45) is 0 Å². The monoisotopic (exact) mass is 744 g/mol. The van der Waals surface area contributed by atoms with Gasteiger partial charge in [-0.05, 0) is 52.5 Å². The Kier molecular flexibility index (Phi) is 5.27. The Labute approximate surface area is 344 Å². The van der Waals surface area contributed by atoms with Crippen molar-refractivity contribution in [3.63, 3.8) is 0 Å². The topological polar surface area (TPSA) is 43.6 Å². The normalized spacial score (nSPS) is 14.6. The van der Waals surface area contributed by atoms with Gasteiger partial charge in [-0.3, -0.25) is 0 Å². The van der Waals surface area contributed by atoms with E-state index in [2.05, 4.69) is 18.2 Å². The van der Waals surface area contributed by atoms with Gasteiger partial charge < -0.3 is 4.57 Å². The minimum Gasteiger partial charge on any atom is -0.308 e. The van der Waals surface area contributed by atoms with Crippen LogP contribution in [0.15, 0.2) is 194 Å². The number of aromatic nitrogens is 4. The van der Waals surface area contributed by atoms with Gasteiger partial charge >= 0.3 is 0 Å². The summed E-state index contributed by atoms with van der Waals surface area (Å²) in [4.78, 5) is 15.0. The molecule has 262 valence electrons. The van der Waals surface area contributed by atoms with Gasteiger partial charge in [-0.2, -0.15) is 0 Å². The maximum Gasteiger partial charge on any atom is 0.166 e. The molecular weight excluding hydrogens is 701 g/mol. The lowest BCUT2D eigenvalue weighted by Crippen LogP contribution is -2.04. The summed E-state index contributed by atoms with van der Waals surface area (Å²) >= 11 is 1.62. The van der Waals surface area contributed by atoms with Crippen LogP contribution in [0.1, 0.15) is 16.4 Å². The molecule has 0 aliphatic carbocycles. The Balaban J connectivity index is 1.34. The van der Waals surface area contributed by atoms with Crippen LogP contribution in [0.3, 0.4) is 0 Å². The molecule has 11 aromatic rings. The lowest BCUT2D eigenvalue weighted by atomic mass is 9.99. The molecule has 0 saturated heterocycles. The van der Waals surface area contributed by atoms with Gasteiger partial charge in [-0.15, -0.1) is 11.3 Å². The number of fused-ring (bicyclic) bond motifs is 6. The molecular formula is C51H32N4S. The minimum atomic E-state index is -0.699. The summed E-state index contributed by atoms with van der Waals surface area (Å²) in [6.45, 7) is 0. The molecule has 0 bridgehead atoms. The maximum absolute atomic E-state index is 10.0. The summed E-state index contributed by atoms with van der Waals surface area (Å²) in [6, 6.07) is 30.9. The summed E-state index contributed by atoms with van der Waals surface area (Å²) < 4.78 is 112. The van der Waals surface area contributed by atoms with Gasteiger partial charge in [0.2, 0.25) is 0 Å². The van der Waals surface area contributed by atoms with E-state index in [9.17, 15) is 6.85 Å². The zero-order valence-electron chi connectivity index (χ0n) is 41.2. The van der Waals surface area contributed by atoms with Crippen LogP contribution in [0.4, 0.5) is 0 Å². The van der Waals surface area contributed by atoms with Gasteiger partial charge in [-0.25, -0.2) is 15.0 Å². The van der Waals surface area contributed by atoms with Crippen molar-refractivity contribution >= 4 is 53.3 Å². The molecule has 3 aromatic heterocycles. The van der Waals surface area contributed by atoms with E-state index in [1.807, 2.05) is 97.1 Å². The molecule has 0 saturated carbocycles. The number of thiophene rings is 1. The van der Waals surface area contributed by atoms with E-state index in [1.54, 1.807) is 17.4 Å². The SMILES string of the molecule is [2H]c1c([2H])c([2H])c(-c2c([2H])c([2H])c3c4c([2H])c([2H])c([2H])c([2H])c4n(-c4cc(-c5cccc6c5sc5ccccc56)ccc4-c4nc(-c5ccccc5)nc(-c5ccccc5)n4)c3c2[2H])c([2H])c1[2H]. The van der Waals surface area contributed by atoms with Crippen LogP contribution < -0.4 is 0 Å². The smallest absolute Gasteiger partial charge is 0.166 e. The van der Waals surface area contributed by atoms with Crippen LogP contribution in [0.25, 0.3) is 104 Å². The Bertz CT molecular complexity index is 3860. The van der Waals surface area contributed by atoms with Crippen LogP contribution in [-0.2, 0) is 0 Å². The van der Waals surface area contributed by atoms with Crippen molar-refractivity contribution in [2.45, 2.75) is 0 Å². The van der Waals surface area contributed by atoms with Crippen molar-refractivity contribution in [1.82, 2.24) is 19.5 Å². The van der Waals surface area contributed by atoms with Gasteiger partial charge in [0.05, 0.1) is 33.2 Å². The van der Waals surface area contributed by atoms with Crippen LogP contribution in [-0.4, -0.2) is 19.5 Å². The fourth-order valence-corrected chi connectivity index (χ4v) is 8.47. The second-order valence-corrected chi connectivity index (χ2v) is 14.1. The van der Waals surface area contributed by atoms with Crippen molar-refractivity contribution in [2.75, 3.05) is 0 Å². The number of hydrogen-bond donors (Lipinski definition) is 0. The quantitative estimate of drug-likeness (QED) is 0.170. The van der Waals surface area contributed by atoms with Crippen LogP contribution in [0.2, 0.25) is 0 Å². The van der Waals surface area contributed by atoms with E-state index in [4.69, 9.17) is 24.5 Å². The third-order valence-electron chi connectivity index (χ3n) is 9.80. The van der Waals surface area contributed by atoms with Crippen molar-refractivity contribution < 1.29 is 16.4 Å². The minimum absolute atomic E-state index is 0.121. The average Bonchev–Trinajstić information content (AvgIpc) is 3.94. The Morgan fingerprint density at radius 2 is 1.09 bits per heavy atom. The molecule has 0 aliphatic rings. The summed E-state index contributed by atoms with van der Waals surface area (Å²) in [6.07, 6.45) is 0. The third-order valence-corrected chi connectivity index (χ3v) is 11.0. The number of rotatable bonds is 6. The zero-order chi connectivity index (χ0) is 47.4. The first-order valence-corrected chi connectivity index (χ1v) is 18.6. The molecule has 11 rings (SSSR count). The Hall–Kier alpha value is -7.21. The van der Waals surface area contributed by atoms with E-state index in [-0.39, 0.29) is 33.3 Å². The largest absolute Gasteiger partial charge is 0.308 e. The van der Waals surface area contributed by atoms with E-state index in [1.165, 1.54) is 4.57 Å². The first kappa shape index (κ1) is 22.2. The fourth-order valence-electron chi connectivity index (χ4n) is 7.23. The van der Waals surface area contributed by atoms with Crippen molar-refractivity contribution in [1.29, 1.82) is 0 Å². The first-order valence-electron chi connectivity index (χ1n) is 23.8. The van der Waals surface area contributed by atoms with Crippen LogP contribution in [0, 0.1) is 0 Å². The zero-order valence-corrected chi connectivity index (χ0v) is 30.1. The van der Waals surface area contributed by atoms with Gasteiger partial charge in [0, 0.05) is 47.6 Å². The predicted octanol–water partition coefficient (Wildman–Crippen LogP) is 13.7. The van der Waals surface area contributed by atoms with Crippen molar-refractivity contribution in [3.05, 3.63) is 194 Å². The molecule has 0 radical (unpaired) electrons. The summed E-state index contributed by atoms with van der Waals surface area (Å²) in [7, 11) is 0. The highest BCUT2D eigenvalue weighted by molar-refractivity contribution is 7.26. The van der Waals surface area contributed by atoms with Gasteiger partial charge in [0.25, 0.3) is 0 Å². The molecule has 0 spiro atoms. The summed E-state index contributed by atoms with van der Waals surface area (Å²) in [5.74, 6) is 0.831. The molecule has 0 aliphatic heterocycles. The number of benzene rings is 8. The highest BCUT2D eigenvalue weighted by Gasteiger charge is 2.21. The maximum atomic E-state index is 10.0. The van der Waals surface area contributed by atoms with E-state index >= 15 is 0 Å². The van der Waals surface area contributed by atoms with Gasteiger partial charge in [-0.1, -0.05) is 164 Å². The molecule has 0 amide bonds. The van der Waals surface area contributed by atoms with E-state index in [0.717, 1.165) is 25.7 Å². The molecule has 4 nitrogen and oxygen atoms in total. The number of hydrogen-bond acceptors (Lipinski definition) is 4. The van der Waals surface area contributed by atoms with Crippen molar-refractivity contribution in [3.8, 4) is 62.1 Å². The molecule has 0 atom stereocenters. The molecule has 56 heavy (non-hydrogen) atoms. The molecule has 0 fully saturated rings. The summed E-state index contributed by atoms with van der Waals surface area (Å²) in [5.41, 5.74) is 2.27.